The lowest BCUT2D eigenvalue weighted by molar-refractivity contribution is 0.102. The van der Waals surface area contributed by atoms with Crippen molar-refractivity contribution in [2.45, 2.75) is 31.3 Å². The summed E-state index contributed by atoms with van der Waals surface area (Å²) in [4.78, 5) is 34.0. The van der Waals surface area contributed by atoms with Crippen LogP contribution in [0.1, 0.15) is 34.1 Å². The first-order valence-corrected chi connectivity index (χ1v) is 14.3. The Labute approximate surface area is 224 Å². The highest BCUT2D eigenvalue weighted by molar-refractivity contribution is 7.99. The Morgan fingerprint density at radius 3 is 2.38 bits per heavy atom. The molecule has 6 heteroatoms. The zero-order valence-corrected chi connectivity index (χ0v) is 22.1. The summed E-state index contributed by atoms with van der Waals surface area (Å²) in [6.45, 7) is 2.27. The van der Waals surface area contributed by atoms with Gasteiger partial charge in [0.25, 0.3) is 5.56 Å². The Balaban J connectivity index is 1.33. The van der Waals surface area contributed by atoms with E-state index >= 15 is 0 Å². The molecule has 0 radical (unpaired) electrons. The number of aryl methyl sites for hydroxylation is 1. The van der Waals surface area contributed by atoms with Crippen molar-refractivity contribution in [3.05, 3.63) is 111 Å². The van der Waals surface area contributed by atoms with Crippen LogP contribution in [-0.2, 0) is 12.8 Å². The van der Waals surface area contributed by atoms with Crippen LogP contribution in [-0.4, -0.2) is 21.1 Å². The lowest BCUT2D eigenvalue weighted by atomic mass is 9.89. The quantitative estimate of drug-likeness (QED) is 0.134. The highest BCUT2D eigenvalue weighted by atomic mass is 32.2. The summed E-state index contributed by atoms with van der Waals surface area (Å²) in [5, 5.41) is 1.31. The molecule has 4 nitrogen and oxygen atoms in total. The fraction of sp³-hybridized carbons (Fsp3) is 0.194. The molecule has 0 bridgehead atoms. The molecule has 0 N–H and O–H groups in total. The molecule has 1 atom stereocenters. The summed E-state index contributed by atoms with van der Waals surface area (Å²) < 4.78 is 1.68. The van der Waals surface area contributed by atoms with Crippen molar-refractivity contribution in [1.29, 1.82) is 0 Å². The lowest BCUT2D eigenvalue weighted by Crippen LogP contribution is -2.23. The van der Waals surface area contributed by atoms with Crippen LogP contribution in [0.5, 0.6) is 0 Å². The van der Waals surface area contributed by atoms with E-state index in [-0.39, 0.29) is 17.1 Å². The number of carbonyl (C=O) groups is 1. The SMILES string of the molecule is C[C@H]1CCc2c(sc3nc(SCC(=O)c4ccc(-c5ccccc5)cc4)n(-c4ccccc4)c(=O)c23)C1. The van der Waals surface area contributed by atoms with Gasteiger partial charge in [-0.15, -0.1) is 11.3 Å². The lowest BCUT2D eigenvalue weighted by Gasteiger charge is -2.17. The summed E-state index contributed by atoms with van der Waals surface area (Å²) in [5.74, 6) is 0.840. The number of benzene rings is 3. The smallest absolute Gasteiger partial charge is 0.267 e. The van der Waals surface area contributed by atoms with Gasteiger partial charge < -0.3 is 0 Å². The number of para-hydroxylation sites is 1. The van der Waals surface area contributed by atoms with E-state index in [9.17, 15) is 9.59 Å². The second kappa shape index (κ2) is 10.1. The average Bonchev–Trinajstić information content (AvgIpc) is 3.30. The van der Waals surface area contributed by atoms with Gasteiger partial charge in [-0.1, -0.05) is 91.5 Å². The number of hydrogen-bond acceptors (Lipinski definition) is 5. The highest BCUT2D eigenvalue weighted by Gasteiger charge is 2.25. The molecule has 3 aromatic carbocycles. The number of fused-ring (bicyclic) bond motifs is 3. The Morgan fingerprint density at radius 1 is 0.973 bits per heavy atom. The fourth-order valence-corrected chi connectivity index (χ4v) is 7.30. The monoisotopic (exact) mass is 522 g/mol. The Hall–Kier alpha value is -3.48. The van der Waals surface area contributed by atoms with E-state index in [1.54, 1.807) is 15.9 Å². The molecule has 0 saturated heterocycles. The number of Topliss-reactive ketones (excluding diaryl/α,β-unsaturated/α-hetero) is 1. The maximum Gasteiger partial charge on any atom is 0.267 e. The van der Waals surface area contributed by atoms with Crippen LogP contribution in [0, 0.1) is 5.92 Å². The van der Waals surface area contributed by atoms with E-state index in [1.807, 2.05) is 72.8 Å². The minimum absolute atomic E-state index is 0.0119. The van der Waals surface area contributed by atoms with Gasteiger partial charge in [0, 0.05) is 10.4 Å². The molecule has 6 rings (SSSR count). The molecule has 37 heavy (non-hydrogen) atoms. The maximum absolute atomic E-state index is 13.9. The van der Waals surface area contributed by atoms with Gasteiger partial charge in [0.1, 0.15) is 4.83 Å². The van der Waals surface area contributed by atoms with Crippen molar-refractivity contribution >= 4 is 39.1 Å². The van der Waals surface area contributed by atoms with Crippen LogP contribution >= 0.6 is 23.1 Å². The van der Waals surface area contributed by atoms with Crippen molar-refractivity contribution in [2.75, 3.05) is 5.75 Å². The number of ketones is 1. The summed E-state index contributed by atoms with van der Waals surface area (Å²) in [6, 6.07) is 27.4. The minimum atomic E-state index is -0.0367. The normalized spacial score (nSPS) is 15.0. The standard InChI is InChI=1S/C31H26N2O2S2/c1-20-12-17-25-27(18-20)37-29-28(25)30(35)33(24-10-6-3-7-11-24)31(32-29)36-19-26(34)23-15-13-22(14-16-23)21-8-4-2-5-9-21/h2-11,13-16,20H,12,17-19H2,1H3/t20-/m0/s1. The first-order chi connectivity index (χ1) is 18.1. The number of thiophene rings is 1. The van der Waals surface area contributed by atoms with Crippen molar-refractivity contribution in [2.24, 2.45) is 5.92 Å². The molecular formula is C31H26N2O2S2. The molecule has 0 unspecified atom stereocenters. The third kappa shape index (κ3) is 4.67. The van der Waals surface area contributed by atoms with E-state index in [1.165, 1.54) is 22.2 Å². The third-order valence-electron chi connectivity index (χ3n) is 6.96. The van der Waals surface area contributed by atoms with Gasteiger partial charge in [-0.2, -0.15) is 0 Å². The number of hydrogen-bond donors (Lipinski definition) is 0. The highest BCUT2D eigenvalue weighted by Crippen LogP contribution is 2.37. The second-order valence-electron chi connectivity index (χ2n) is 9.56. The van der Waals surface area contributed by atoms with E-state index in [4.69, 9.17) is 4.98 Å². The molecule has 0 spiro atoms. The molecule has 0 saturated carbocycles. The van der Waals surface area contributed by atoms with Crippen LogP contribution in [0.4, 0.5) is 0 Å². The Bertz CT molecular complexity index is 1640. The van der Waals surface area contributed by atoms with Gasteiger partial charge in [0.2, 0.25) is 0 Å². The first kappa shape index (κ1) is 23.9. The van der Waals surface area contributed by atoms with Crippen molar-refractivity contribution in [3.63, 3.8) is 0 Å². The Morgan fingerprint density at radius 2 is 1.65 bits per heavy atom. The van der Waals surface area contributed by atoms with Gasteiger partial charge >= 0.3 is 0 Å². The molecule has 2 aromatic heterocycles. The Kier molecular flexibility index (Phi) is 6.53. The zero-order valence-electron chi connectivity index (χ0n) is 20.5. The minimum Gasteiger partial charge on any atom is -0.293 e. The van der Waals surface area contributed by atoms with Crippen LogP contribution in [0.3, 0.4) is 0 Å². The summed E-state index contributed by atoms with van der Waals surface area (Å²) in [6.07, 6.45) is 3.02. The largest absolute Gasteiger partial charge is 0.293 e. The van der Waals surface area contributed by atoms with E-state index in [2.05, 4.69) is 19.1 Å². The molecule has 0 amide bonds. The molecule has 1 aliphatic carbocycles. The number of thioether (sulfide) groups is 1. The molecule has 1 aliphatic rings. The summed E-state index contributed by atoms with van der Waals surface area (Å²) >= 11 is 2.97. The topological polar surface area (TPSA) is 52.0 Å². The summed E-state index contributed by atoms with van der Waals surface area (Å²) in [7, 11) is 0. The van der Waals surface area contributed by atoms with Crippen molar-refractivity contribution in [1.82, 2.24) is 9.55 Å². The number of nitrogens with zero attached hydrogens (tertiary/aromatic N) is 2. The predicted octanol–water partition coefficient (Wildman–Crippen LogP) is 7.21. The summed E-state index contributed by atoms with van der Waals surface area (Å²) in [5.41, 5.74) is 4.76. The average molecular weight is 523 g/mol. The van der Waals surface area contributed by atoms with Crippen molar-refractivity contribution in [3.8, 4) is 16.8 Å². The van der Waals surface area contributed by atoms with Gasteiger partial charge in [-0.25, -0.2) is 4.98 Å². The van der Waals surface area contributed by atoms with Crippen LogP contribution in [0.15, 0.2) is 94.9 Å². The van der Waals surface area contributed by atoms with Gasteiger partial charge in [-0.3, -0.25) is 14.2 Å². The zero-order chi connectivity index (χ0) is 25.4. The number of rotatable bonds is 6. The predicted molar refractivity (Wildman–Crippen MR) is 153 cm³/mol. The molecule has 5 aromatic rings. The van der Waals surface area contributed by atoms with Crippen LogP contribution in [0.25, 0.3) is 27.0 Å². The van der Waals surface area contributed by atoms with Gasteiger partial charge in [0.05, 0.1) is 16.8 Å². The fourth-order valence-electron chi connectivity index (χ4n) is 4.97. The maximum atomic E-state index is 13.9. The second-order valence-corrected chi connectivity index (χ2v) is 11.6. The van der Waals surface area contributed by atoms with E-state index in [0.29, 0.717) is 16.6 Å². The van der Waals surface area contributed by atoms with Gasteiger partial charge in [-0.05, 0) is 54.0 Å². The van der Waals surface area contributed by atoms with Gasteiger partial charge in [0.15, 0.2) is 10.9 Å². The number of aromatic nitrogens is 2. The van der Waals surface area contributed by atoms with Crippen molar-refractivity contribution < 1.29 is 4.79 Å². The van der Waals surface area contributed by atoms with Crippen LogP contribution < -0.4 is 5.56 Å². The molecule has 184 valence electrons. The molecular weight excluding hydrogens is 496 g/mol. The molecule has 2 heterocycles. The third-order valence-corrected chi connectivity index (χ3v) is 9.05. The van der Waals surface area contributed by atoms with Crippen LogP contribution in [0.2, 0.25) is 0 Å². The first-order valence-electron chi connectivity index (χ1n) is 12.5. The van der Waals surface area contributed by atoms with E-state index < -0.39 is 0 Å². The van der Waals surface area contributed by atoms with E-state index in [0.717, 1.165) is 46.3 Å². The molecule has 0 fully saturated rings. The molecule has 0 aliphatic heterocycles. The number of carbonyl (C=O) groups excluding carboxylic acids is 1.